The zero-order chi connectivity index (χ0) is 30.8. The number of para-hydroxylation sites is 1. The summed E-state index contributed by atoms with van der Waals surface area (Å²) < 4.78 is 20.3. The largest absolute Gasteiger partial charge is 0.493 e. The summed E-state index contributed by atoms with van der Waals surface area (Å²) in [5.74, 6) is 1.10. The van der Waals surface area contributed by atoms with Crippen LogP contribution in [0.15, 0.2) is 104 Å². The number of halogens is 3. The van der Waals surface area contributed by atoms with Gasteiger partial charge in [0.25, 0.3) is 11.5 Å². The van der Waals surface area contributed by atoms with Crippen molar-refractivity contribution in [1.82, 2.24) is 9.66 Å². The molecule has 4 aromatic carbocycles. The number of ether oxygens (including phenoxy) is 2. The number of amides is 1. The summed E-state index contributed by atoms with van der Waals surface area (Å²) in [6.07, 6.45) is 1.53. The highest BCUT2D eigenvalue weighted by atomic mass is 127. The lowest BCUT2D eigenvalue weighted by Gasteiger charge is -2.14. The maximum atomic E-state index is 13.6. The Labute approximate surface area is 277 Å². The fourth-order valence-corrected chi connectivity index (χ4v) is 5.75. The monoisotopic (exact) mass is 782 g/mol. The Kier molecular flexibility index (Phi) is 8.69. The van der Waals surface area contributed by atoms with E-state index < -0.39 is 0 Å². The van der Waals surface area contributed by atoms with Crippen LogP contribution in [0.25, 0.3) is 33.5 Å². The van der Waals surface area contributed by atoms with Gasteiger partial charge in [-0.05, 0) is 101 Å². The molecule has 0 atom stereocenters. The molecule has 0 spiro atoms. The molecule has 1 amide bonds. The lowest BCUT2D eigenvalue weighted by Crippen LogP contribution is -2.20. The highest BCUT2D eigenvalue weighted by Gasteiger charge is 2.18. The third-order valence-corrected chi connectivity index (χ3v) is 8.05. The Morgan fingerprint density at radius 2 is 1.91 bits per heavy atom. The molecule has 0 saturated carbocycles. The minimum absolute atomic E-state index is 0.238. The molecule has 12 heteroatoms. The van der Waals surface area contributed by atoms with Crippen LogP contribution in [0, 0.1) is 3.57 Å². The van der Waals surface area contributed by atoms with Crippen molar-refractivity contribution >= 4 is 89.8 Å². The van der Waals surface area contributed by atoms with Crippen LogP contribution in [0.5, 0.6) is 11.5 Å². The van der Waals surface area contributed by atoms with Gasteiger partial charge in [-0.2, -0.15) is 9.78 Å². The summed E-state index contributed by atoms with van der Waals surface area (Å²) in [4.78, 5) is 30.8. The van der Waals surface area contributed by atoms with Crippen LogP contribution in [0.3, 0.4) is 0 Å². The van der Waals surface area contributed by atoms with Crippen LogP contribution >= 0.6 is 50.1 Å². The number of hydrogen-bond acceptors (Lipinski definition) is 7. The van der Waals surface area contributed by atoms with E-state index in [-0.39, 0.29) is 23.9 Å². The van der Waals surface area contributed by atoms with Gasteiger partial charge in [-0.25, -0.2) is 4.98 Å². The second-order valence-electron chi connectivity index (χ2n) is 9.48. The minimum atomic E-state index is -0.350. The third kappa shape index (κ3) is 6.35. The van der Waals surface area contributed by atoms with E-state index in [1.165, 1.54) is 18.0 Å². The summed E-state index contributed by atoms with van der Waals surface area (Å²) in [6.45, 7) is -0.238. The number of carbonyl (C=O) groups is 1. The van der Waals surface area contributed by atoms with Crippen molar-refractivity contribution in [3.05, 3.63) is 114 Å². The predicted molar refractivity (Wildman–Crippen MR) is 183 cm³/mol. The molecule has 44 heavy (non-hydrogen) atoms. The van der Waals surface area contributed by atoms with Gasteiger partial charge < -0.3 is 19.2 Å². The first-order valence-electron chi connectivity index (χ1n) is 13.1. The number of methoxy groups -OCH3 is 1. The summed E-state index contributed by atoms with van der Waals surface area (Å²) in [5, 5.41) is 9.14. The van der Waals surface area contributed by atoms with E-state index in [1.54, 1.807) is 54.6 Å². The number of fused-ring (bicyclic) bond motifs is 2. The molecular formula is C32H21BrClIN4O5. The molecule has 0 radical (unpaired) electrons. The second-order valence-corrected chi connectivity index (χ2v) is 12.0. The fraction of sp³-hybridized carbons (Fsp3) is 0.0625. The molecule has 220 valence electrons. The highest BCUT2D eigenvalue weighted by molar-refractivity contribution is 14.1. The molecular weight excluding hydrogens is 763 g/mol. The van der Waals surface area contributed by atoms with Gasteiger partial charge in [0, 0.05) is 20.6 Å². The van der Waals surface area contributed by atoms with Crippen molar-refractivity contribution in [3.63, 3.8) is 0 Å². The Balaban J connectivity index is 1.31. The molecule has 0 aliphatic rings. The highest BCUT2D eigenvalue weighted by Crippen LogP contribution is 2.34. The van der Waals surface area contributed by atoms with Gasteiger partial charge in [0.1, 0.15) is 5.58 Å². The van der Waals surface area contributed by atoms with Gasteiger partial charge in [-0.15, -0.1) is 0 Å². The molecule has 0 bridgehead atoms. The maximum Gasteiger partial charge on any atom is 0.282 e. The number of nitrogens with zero attached hydrogens (tertiary/aromatic N) is 3. The minimum Gasteiger partial charge on any atom is -0.493 e. The Bertz CT molecular complexity index is 2130. The molecule has 2 heterocycles. The quantitative estimate of drug-likeness (QED) is 0.125. The number of rotatable bonds is 8. The van der Waals surface area contributed by atoms with Gasteiger partial charge in [0.15, 0.2) is 23.9 Å². The number of hydrogen-bond donors (Lipinski definition) is 1. The van der Waals surface area contributed by atoms with E-state index in [9.17, 15) is 9.59 Å². The van der Waals surface area contributed by atoms with Gasteiger partial charge in [0.05, 0.1) is 27.8 Å². The van der Waals surface area contributed by atoms with Gasteiger partial charge in [0.2, 0.25) is 5.82 Å². The van der Waals surface area contributed by atoms with E-state index in [4.69, 9.17) is 30.5 Å². The molecule has 0 unspecified atom stereocenters. The van der Waals surface area contributed by atoms with Gasteiger partial charge in [-0.1, -0.05) is 39.7 Å². The molecule has 0 saturated heterocycles. The van der Waals surface area contributed by atoms with E-state index in [1.807, 2.05) is 30.3 Å². The van der Waals surface area contributed by atoms with E-state index in [0.717, 1.165) is 9.86 Å². The Morgan fingerprint density at radius 3 is 2.70 bits per heavy atom. The number of furan rings is 1. The smallest absolute Gasteiger partial charge is 0.282 e. The molecule has 6 rings (SSSR count). The van der Waals surface area contributed by atoms with Crippen LogP contribution in [0.2, 0.25) is 5.02 Å². The summed E-state index contributed by atoms with van der Waals surface area (Å²) >= 11 is 11.5. The second kappa shape index (κ2) is 12.8. The molecule has 2 aromatic heterocycles. The summed E-state index contributed by atoms with van der Waals surface area (Å²) in [6, 6.07) is 24.8. The maximum absolute atomic E-state index is 13.6. The molecule has 1 N–H and O–H groups in total. The zero-order valence-electron chi connectivity index (χ0n) is 22.9. The average molecular weight is 784 g/mol. The van der Waals surface area contributed by atoms with E-state index in [2.05, 4.69) is 48.9 Å². The fourth-order valence-electron chi connectivity index (χ4n) is 4.46. The topological polar surface area (TPSA) is 108 Å². The Hall–Kier alpha value is -4.20. The van der Waals surface area contributed by atoms with Crippen LogP contribution in [0.4, 0.5) is 5.69 Å². The van der Waals surface area contributed by atoms with Crippen molar-refractivity contribution < 1.29 is 18.7 Å². The van der Waals surface area contributed by atoms with Crippen molar-refractivity contribution in [1.29, 1.82) is 0 Å². The number of anilines is 1. The first kappa shape index (κ1) is 29.9. The van der Waals surface area contributed by atoms with Crippen LogP contribution in [0.1, 0.15) is 5.56 Å². The van der Waals surface area contributed by atoms with Crippen LogP contribution in [-0.4, -0.2) is 35.5 Å². The van der Waals surface area contributed by atoms with Crippen LogP contribution < -0.4 is 20.3 Å². The van der Waals surface area contributed by atoms with Gasteiger partial charge in [-0.3, -0.25) is 9.59 Å². The van der Waals surface area contributed by atoms with Crippen molar-refractivity contribution in [2.24, 2.45) is 5.10 Å². The van der Waals surface area contributed by atoms with Gasteiger partial charge >= 0.3 is 0 Å². The van der Waals surface area contributed by atoms with Crippen molar-refractivity contribution in [2.75, 3.05) is 19.0 Å². The zero-order valence-corrected chi connectivity index (χ0v) is 27.4. The number of nitrogens with one attached hydrogen (secondary N) is 1. The van der Waals surface area contributed by atoms with Crippen molar-refractivity contribution in [2.45, 2.75) is 0 Å². The SMILES string of the molecule is COc1cc(C=Nn2c(-c3cc4cc(Br)ccc4o3)nc3ccccc3c2=O)cc(I)c1OCC(=O)Nc1ccc(Cl)cc1. The normalized spacial score (nSPS) is 11.4. The number of carbonyl (C=O) groups excluding carboxylic acids is 1. The average Bonchev–Trinajstić information content (AvgIpc) is 3.44. The third-order valence-electron chi connectivity index (χ3n) is 6.50. The standard InChI is InChI=1S/C32H21BrClIN4O5/c1-42-27-13-18(12-24(35)30(27)43-17-29(40)37-22-9-7-21(34)8-10-22)16-36-39-31(38-25-5-3-2-4-23(25)32(39)41)28-15-19-14-20(33)6-11-26(19)44-28/h2-16H,17H2,1H3,(H,37,40). The molecule has 0 aliphatic carbocycles. The molecule has 0 aliphatic heterocycles. The summed E-state index contributed by atoms with van der Waals surface area (Å²) in [7, 11) is 1.50. The molecule has 6 aromatic rings. The molecule has 9 nitrogen and oxygen atoms in total. The molecule has 0 fully saturated rings. The number of benzene rings is 4. The Morgan fingerprint density at radius 1 is 1.11 bits per heavy atom. The first-order valence-corrected chi connectivity index (χ1v) is 15.4. The lowest BCUT2D eigenvalue weighted by atomic mass is 10.2. The first-order chi connectivity index (χ1) is 21.3. The van der Waals surface area contributed by atoms with E-state index >= 15 is 0 Å². The van der Waals surface area contributed by atoms with Crippen LogP contribution in [-0.2, 0) is 4.79 Å². The number of aromatic nitrogens is 2. The summed E-state index contributed by atoms with van der Waals surface area (Å²) in [5.41, 5.74) is 2.06. The van der Waals surface area contributed by atoms with E-state index in [0.29, 0.717) is 53.6 Å². The predicted octanol–water partition coefficient (Wildman–Crippen LogP) is 7.74. The van der Waals surface area contributed by atoms with Crippen molar-refractivity contribution in [3.8, 4) is 23.1 Å². The lowest BCUT2D eigenvalue weighted by molar-refractivity contribution is -0.118.